The summed E-state index contributed by atoms with van der Waals surface area (Å²) in [5.41, 5.74) is 2.64. The minimum atomic E-state index is 0.273. The van der Waals surface area contributed by atoms with E-state index in [2.05, 4.69) is 5.32 Å². The Morgan fingerprint density at radius 3 is 2.10 bits per heavy atom. The normalized spacial score (nSPS) is 10.6. The number of hydrogen-bond acceptors (Lipinski definition) is 4. The quantitative estimate of drug-likeness (QED) is 0.357. The van der Waals surface area contributed by atoms with Gasteiger partial charge in [0.05, 0.1) is 34.3 Å². The predicted octanol–water partition coefficient (Wildman–Crippen LogP) is 7.51. The largest absolute Gasteiger partial charge is 0.495 e. The van der Waals surface area contributed by atoms with E-state index in [-0.39, 0.29) is 6.61 Å². The average Bonchev–Trinajstić information content (AvgIpc) is 2.73. The van der Waals surface area contributed by atoms with Crippen molar-refractivity contribution in [1.29, 1.82) is 0 Å². The van der Waals surface area contributed by atoms with E-state index in [4.69, 9.17) is 60.6 Å². The second-order valence-corrected chi connectivity index (χ2v) is 7.98. The smallest absolute Gasteiger partial charge is 0.180 e. The lowest BCUT2D eigenvalue weighted by Crippen LogP contribution is -2.03. The van der Waals surface area contributed by atoms with E-state index < -0.39 is 0 Å². The van der Waals surface area contributed by atoms with Gasteiger partial charge in [0.15, 0.2) is 11.5 Å². The van der Waals surface area contributed by atoms with Crippen molar-refractivity contribution in [2.75, 3.05) is 19.5 Å². The van der Waals surface area contributed by atoms with Crippen molar-refractivity contribution in [3.8, 4) is 17.2 Å². The predicted molar refractivity (Wildman–Crippen MR) is 124 cm³/mol. The summed E-state index contributed by atoms with van der Waals surface area (Å²) in [6, 6.07) is 14.5. The number of hydrogen-bond donors (Lipinski definition) is 1. The minimum Gasteiger partial charge on any atom is -0.495 e. The number of ether oxygens (including phenoxy) is 3. The molecule has 0 spiro atoms. The fourth-order valence-corrected chi connectivity index (χ4v) is 3.65. The van der Waals surface area contributed by atoms with Gasteiger partial charge in [0.1, 0.15) is 12.4 Å². The first-order valence-electron chi connectivity index (χ1n) is 8.91. The number of anilines is 1. The van der Waals surface area contributed by atoms with Gasteiger partial charge in [-0.2, -0.15) is 0 Å². The number of rotatable bonds is 8. The molecule has 0 fully saturated rings. The first-order valence-corrected chi connectivity index (χ1v) is 10.4. The van der Waals surface area contributed by atoms with Crippen molar-refractivity contribution in [1.82, 2.24) is 0 Å². The van der Waals surface area contributed by atoms with Crippen LogP contribution in [0.2, 0.25) is 20.1 Å². The van der Waals surface area contributed by atoms with Gasteiger partial charge in [0.25, 0.3) is 0 Å². The Morgan fingerprint density at radius 2 is 1.43 bits per heavy atom. The molecule has 0 radical (unpaired) electrons. The molecule has 0 bridgehead atoms. The highest BCUT2D eigenvalue weighted by Crippen LogP contribution is 2.37. The molecule has 0 aliphatic rings. The van der Waals surface area contributed by atoms with Gasteiger partial charge in [-0.1, -0.05) is 52.5 Å². The average molecular weight is 487 g/mol. The van der Waals surface area contributed by atoms with Crippen LogP contribution < -0.4 is 19.5 Å². The van der Waals surface area contributed by atoms with Gasteiger partial charge in [-0.3, -0.25) is 0 Å². The highest BCUT2D eigenvalue weighted by molar-refractivity contribution is 6.42. The zero-order chi connectivity index (χ0) is 21.7. The molecule has 158 valence electrons. The first-order chi connectivity index (χ1) is 14.4. The number of halogens is 4. The Bertz CT molecular complexity index is 1040. The van der Waals surface area contributed by atoms with Crippen LogP contribution in [0, 0.1) is 0 Å². The topological polar surface area (TPSA) is 39.7 Å². The molecule has 0 amide bonds. The molecule has 0 saturated heterocycles. The molecule has 3 rings (SSSR count). The Labute approximate surface area is 195 Å². The highest BCUT2D eigenvalue weighted by atomic mass is 35.5. The molecule has 0 heterocycles. The molecule has 0 aliphatic heterocycles. The molecule has 8 heteroatoms. The van der Waals surface area contributed by atoms with Crippen LogP contribution in [0.3, 0.4) is 0 Å². The summed E-state index contributed by atoms with van der Waals surface area (Å²) >= 11 is 24.6. The lowest BCUT2D eigenvalue weighted by atomic mass is 10.2. The van der Waals surface area contributed by atoms with Crippen molar-refractivity contribution >= 4 is 52.1 Å². The summed E-state index contributed by atoms with van der Waals surface area (Å²) in [5, 5.41) is 5.23. The Hall–Kier alpha value is -1.98. The Balaban J connectivity index is 1.71. The first kappa shape index (κ1) is 22.7. The summed E-state index contributed by atoms with van der Waals surface area (Å²) in [5.74, 6) is 1.61. The minimum absolute atomic E-state index is 0.273. The van der Waals surface area contributed by atoms with E-state index in [1.165, 1.54) is 0 Å². The van der Waals surface area contributed by atoms with Crippen LogP contribution in [0.1, 0.15) is 11.1 Å². The zero-order valence-corrected chi connectivity index (χ0v) is 19.3. The Morgan fingerprint density at radius 1 is 0.700 bits per heavy atom. The van der Waals surface area contributed by atoms with Gasteiger partial charge >= 0.3 is 0 Å². The third-order valence-electron chi connectivity index (χ3n) is 4.30. The van der Waals surface area contributed by atoms with Gasteiger partial charge in [-0.15, -0.1) is 0 Å². The standard InChI is InChI=1S/C22H19Cl4NO3/c1-28-20-6-4-15(10-18(20)25)27-11-14-8-19(26)22(21(9-14)29-2)30-12-13-3-5-16(23)17(24)7-13/h3-10,27H,11-12H2,1-2H3. The van der Waals surface area contributed by atoms with Gasteiger partial charge in [0, 0.05) is 12.2 Å². The molecule has 3 aromatic carbocycles. The summed E-state index contributed by atoms with van der Waals surface area (Å²) in [6.07, 6.45) is 0. The van der Waals surface area contributed by atoms with Crippen LogP contribution in [0.15, 0.2) is 48.5 Å². The van der Waals surface area contributed by atoms with Gasteiger partial charge < -0.3 is 19.5 Å². The molecule has 30 heavy (non-hydrogen) atoms. The fourth-order valence-electron chi connectivity index (χ4n) is 2.78. The van der Waals surface area contributed by atoms with E-state index in [9.17, 15) is 0 Å². The van der Waals surface area contributed by atoms with Crippen molar-refractivity contribution in [3.63, 3.8) is 0 Å². The van der Waals surface area contributed by atoms with Crippen LogP contribution in [0.4, 0.5) is 5.69 Å². The molecule has 0 atom stereocenters. The maximum absolute atomic E-state index is 6.47. The van der Waals surface area contributed by atoms with Crippen molar-refractivity contribution in [2.24, 2.45) is 0 Å². The number of benzene rings is 3. The molecule has 0 saturated carbocycles. The van der Waals surface area contributed by atoms with Crippen molar-refractivity contribution < 1.29 is 14.2 Å². The van der Waals surface area contributed by atoms with E-state index in [1.54, 1.807) is 38.5 Å². The molecule has 3 aromatic rings. The fraction of sp³-hybridized carbons (Fsp3) is 0.182. The van der Waals surface area contributed by atoms with Gasteiger partial charge in [0.2, 0.25) is 0 Å². The van der Waals surface area contributed by atoms with E-state index in [1.807, 2.05) is 24.3 Å². The SMILES string of the molecule is COc1ccc(NCc2cc(Cl)c(OCc3ccc(Cl)c(Cl)c3)c(OC)c2)cc1Cl. The van der Waals surface area contributed by atoms with Gasteiger partial charge in [-0.05, 0) is 53.6 Å². The van der Waals surface area contributed by atoms with Gasteiger partial charge in [-0.25, -0.2) is 0 Å². The Kier molecular flexibility index (Phi) is 7.84. The second-order valence-electron chi connectivity index (χ2n) is 6.35. The third kappa shape index (κ3) is 5.58. The third-order valence-corrected chi connectivity index (χ3v) is 5.62. The monoisotopic (exact) mass is 485 g/mol. The summed E-state index contributed by atoms with van der Waals surface area (Å²) in [4.78, 5) is 0. The molecule has 4 nitrogen and oxygen atoms in total. The zero-order valence-electron chi connectivity index (χ0n) is 16.3. The summed E-state index contributed by atoms with van der Waals surface area (Å²) in [7, 11) is 3.14. The number of nitrogens with one attached hydrogen (secondary N) is 1. The van der Waals surface area contributed by atoms with Crippen LogP contribution in [-0.4, -0.2) is 14.2 Å². The molecule has 1 N–H and O–H groups in total. The summed E-state index contributed by atoms with van der Waals surface area (Å²) in [6.45, 7) is 0.792. The van der Waals surface area contributed by atoms with E-state index in [0.29, 0.717) is 43.9 Å². The molecule has 0 aromatic heterocycles. The maximum atomic E-state index is 6.47. The summed E-state index contributed by atoms with van der Waals surface area (Å²) < 4.78 is 16.5. The van der Waals surface area contributed by atoms with Crippen molar-refractivity contribution in [2.45, 2.75) is 13.2 Å². The van der Waals surface area contributed by atoms with Crippen LogP contribution in [0.5, 0.6) is 17.2 Å². The maximum Gasteiger partial charge on any atom is 0.180 e. The highest BCUT2D eigenvalue weighted by Gasteiger charge is 2.13. The molecular weight excluding hydrogens is 468 g/mol. The van der Waals surface area contributed by atoms with E-state index in [0.717, 1.165) is 16.8 Å². The van der Waals surface area contributed by atoms with E-state index >= 15 is 0 Å². The van der Waals surface area contributed by atoms with Crippen LogP contribution >= 0.6 is 46.4 Å². The number of methoxy groups -OCH3 is 2. The molecular formula is C22H19Cl4NO3. The molecule has 0 aliphatic carbocycles. The second kappa shape index (κ2) is 10.4. The van der Waals surface area contributed by atoms with Crippen LogP contribution in [0.25, 0.3) is 0 Å². The molecule has 0 unspecified atom stereocenters. The van der Waals surface area contributed by atoms with Crippen molar-refractivity contribution in [3.05, 3.63) is 79.7 Å². The lowest BCUT2D eigenvalue weighted by Gasteiger charge is -2.15. The van der Waals surface area contributed by atoms with Crippen LogP contribution in [-0.2, 0) is 13.2 Å². The lowest BCUT2D eigenvalue weighted by molar-refractivity contribution is 0.284.